The first kappa shape index (κ1) is 17.6. The Labute approximate surface area is 149 Å². The predicted octanol–water partition coefficient (Wildman–Crippen LogP) is 2.23. The molecule has 0 amide bonds. The van der Waals surface area contributed by atoms with Crippen LogP contribution in [-0.4, -0.2) is 32.8 Å². The molecule has 0 radical (unpaired) electrons. The quantitative estimate of drug-likeness (QED) is 0.622. The Balaban J connectivity index is 1.74. The number of phenolic OH excluding ortho intramolecular Hbond substituents is 1. The van der Waals surface area contributed by atoms with Gasteiger partial charge in [0.2, 0.25) is 11.7 Å². The summed E-state index contributed by atoms with van der Waals surface area (Å²) < 4.78 is 10.3. The average Bonchev–Trinajstić information content (AvgIpc) is 3.12. The normalized spacial score (nSPS) is 11.9. The van der Waals surface area contributed by atoms with Gasteiger partial charge >= 0.3 is 5.97 Å². The number of benzene rings is 1. The molecule has 3 rings (SSSR count). The van der Waals surface area contributed by atoms with Gasteiger partial charge in [0.1, 0.15) is 11.8 Å². The van der Waals surface area contributed by atoms with Crippen molar-refractivity contribution in [3.8, 4) is 17.1 Å². The van der Waals surface area contributed by atoms with Gasteiger partial charge in [-0.25, -0.2) is 4.79 Å². The maximum atomic E-state index is 12.3. The number of phenols is 1. The van der Waals surface area contributed by atoms with Crippen molar-refractivity contribution in [3.63, 3.8) is 0 Å². The maximum absolute atomic E-state index is 12.3. The first-order valence-corrected chi connectivity index (χ1v) is 8.09. The van der Waals surface area contributed by atoms with Gasteiger partial charge in [-0.15, -0.1) is 0 Å². The van der Waals surface area contributed by atoms with Crippen LogP contribution in [0.15, 0.2) is 53.3 Å². The van der Waals surface area contributed by atoms with Gasteiger partial charge in [-0.1, -0.05) is 17.3 Å². The fraction of sp³-hybridized carbons (Fsp3) is 0.222. The van der Waals surface area contributed by atoms with Crippen LogP contribution in [0.4, 0.5) is 0 Å². The molecule has 0 aliphatic heterocycles. The van der Waals surface area contributed by atoms with Gasteiger partial charge in [0.05, 0.1) is 13.2 Å². The molecule has 1 aromatic carbocycles. The fourth-order valence-electron chi connectivity index (χ4n) is 2.40. The van der Waals surface area contributed by atoms with E-state index in [9.17, 15) is 9.90 Å². The molecule has 134 valence electrons. The van der Waals surface area contributed by atoms with Crippen molar-refractivity contribution in [2.24, 2.45) is 0 Å². The van der Waals surface area contributed by atoms with E-state index in [0.717, 1.165) is 5.56 Å². The van der Waals surface area contributed by atoms with Gasteiger partial charge in [-0.05, 0) is 36.8 Å². The number of pyridine rings is 1. The highest BCUT2D eigenvalue weighted by molar-refractivity contribution is 5.77. The second kappa shape index (κ2) is 8.21. The van der Waals surface area contributed by atoms with Crippen molar-refractivity contribution in [3.05, 3.63) is 60.2 Å². The van der Waals surface area contributed by atoms with Gasteiger partial charge in [0.25, 0.3) is 0 Å². The number of carbonyl (C=O) groups excluding carboxylic acids is 1. The summed E-state index contributed by atoms with van der Waals surface area (Å²) in [7, 11) is 0. The molecule has 1 atom stereocenters. The summed E-state index contributed by atoms with van der Waals surface area (Å²) in [5.41, 5.74) is 1.31. The van der Waals surface area contributed by atoms with Crippen molar-refractivity contribution in [1.29, 1.82) is 0 Å². The highest BCUT2D eigenvalue weighted by Gasteiger charge is 2.23. The van der Waals surface area contributed by atoms with Crippen LogP contribution in [0, 0.1) is 0 Å². The van der Waals surface area contributed by atoms with E-state index in [0.29, 0.717) is 17.3 Å². The molecule has 0 aliphatic carbocycles. The smallest absolute Gasteiger partial charge is 0.327 e. The Morgan fingerprint density at radius 3 is 2.96 bits per heavy atom. The van der Waals surface area contributed by atoms with Crippen molar-refractivity contribution < 1.29 is 19.2 Å². The van der Waals surface area contributed by atoms with Crippen LogP contribution < -0.4 is 5.32 Å². The van der Waals surface area contributed by atoms with Crippen molar-refractivity contribution in [2.75, 3.05) is 6.61 Å². The molecule has 0 spiro atoms. The summed E-state index contributed by atoms with van der Waals surface area (Å²) in [6, 6.07) is 9.25. The molecule has 1 unspecified atom stereocenters. The number of nitrogens with one attached hydrogen (secondary N) is 1. The number of rotatable bonds is 7. The van der Waals surface area contributed by atoms with Gasteiger partial charge in [0.15, 0.2) is 0 Å². The lowest BCUT2D eigenvalue weighted by molar-refractivity contribution is -0.145. The third-order valence-corrected chi connectivity index (χ3v) is 3.57. The van der Waals surface area contributed by atoms with Crippen LogP contribution in [0.25, 0.3) is 11.4 Å². The van der Waals surface area contributed by atoms with E-state index in [1.54, 1.807) is 37.5 Å². The molecule has 8 heteroatoms. The zero-order valence-electron chi connectivity index (χ0n) is 14.1. The molecule has 0 fully saturated rings. The number of carbonyl (C=O) groups is 1. The van der Waals surface area contributed by atoms with Gasteiger partial charge in [0, 0.05) is 18.0 Å². The van der Waals surface area contributed by atoms with Crippen LogP contribution in [0.5, 0.6) is 5.75 Å². The van der Waals surface area contributed by atoms with E-state index in [1.807, 2.05) is 6.07 Å². The third-order valence-electron chi connectivity index (χ3n) is 3.57. The molecule has 0 bridgehead atoms. The number of nitrogens with zero attached hydrogens (tertiary/aromatic N) is 3. The maximum Gasteiger partial charge on any atom is 0.327 e. The zero-order chi connectivity index (χ0) is 18.4. The molecule has 2 aromatic heterocycles. The van der Waals surface area contributed by atoms with Crippen LogP contribution in [0.1, 0.15) is 24.4 Å². The Bertz CT molecular complexity index is 866. The standard InChI is InChI=1S/C18H18N4O4/c1-2-25-18(24)16(12-5-3-7-14(23)9-12)20-11-15-21-17(22-26-15)13-6-4-8-19-10-13/h3-10,16,20,23H,2,11H2,1H3. The van der Waals surface area contributed by atoms with Crippen LogP contribution in [-0.2, 0) is 16.1 Å². The number of aromatic hydroxyl groups is 1. The predicted molar refractivity (Wildman–Crippen MR) is 91.8 cm³/mol. The summed E-state index contributed by atoms with van der Waals surface area (Å²) in [5, 5.41) is 16.6. The highest BCUT2D eigenvalue weighted by Crippen LogP contribution is 2.20. The number of esters is 1. The molecule has 26 heavy (non-hydrogen) atoms. The lowest BCUT2D eigenvalue weighted by Crippen LogP contribution is -2.30. The first-order valence-electron chi connectivity index (χ1n) is 8.09. The van der Waals surface area contributed by atoms with E-state index in [-0.39, 0.29) is 18.9 Å². The topological polar surface area (TPSA) is 110 Å². The molecule has 0 aliphatic rings. The van der Waals surface area contributed by atoms with Crippen LogP contribution in [0.2, 0.25) is 0 Å². The minimum Gasteiger partial charge on any atom is -0.508 e. The van der Waals surface area contributed by atoms with E-state index in [1.165, 1.54) is 12.1 Å². The average molecular weight is 354 g/mol. The molecule has 0 saturated heterocycles. The third kappa shape index (κ3) is 4.22. The SMILES string of the molecule is CCOC(=O)C(NCc1nc(-c2cccnc2)no1)c1cccc(O)c1. The lowest BCUT2D eigenvalue weighted by atomic mass is 10.1. The van der Waals surface area contributed by atoms with E-state index >= 15 is 0 Å². The Morgan fingerprint density at radius 1 is 1.35 bits per heavy atom. The molecule has 0 saturated carbocycles. The molecular formula is C18H18N4O4. The Kier molecular flexibility index (Phi) is 5.55. The monoisotopic (exact) mass is 354 g/mol. The second-order valence-electron chi connectivity index (χ2n) is 5.41. The van der Waals surface area contributed by atoms with Crippen molar-refractivity contribution in [1.82, 2.24) is 20.4 Å². The number of ether oxygens (including phenoxy) is 1. The zero-order valence-corrected chi connectivity index (χ0v) is 14.1. The summed E-state index contributed by atoms with van der Waals surface area (Å²) in [6.07, 6.45) is 3.29. The van der Waals surface area contributed by atoms with Gasteiger partial charge in [-0.2, -0.15) is 4.98 Å². The van der Waals surface area contributed by atoms with Crippen molar-refractivity contribution in [2.45, 2.75) is 19.5 Å². The minimum atomic E-state index is -0.768. The summed E-state index contributed by atoms with van der Waals surface area (Å²) in [5.74, 6) is 0.346. The lowest BCUT2D eigenvalue weighted by Gasteiger charge is -2.16. The van der Waals surface area contributed by atoms with E-state index in [2.05, 4.69) is 20.4 Å². The number of hydrogen-bond donors (Lipinski definition) is 2. The summed E-state index contributed by atoms with van der Waals surface area (Å²) in [4.78, 5) is 20.6. The molecular weight excluding hydrogens is 336 g/mol. The van der Waals surface area contributed by atoms with Gasteiger partial charge in [-0.3, -0.25) is 10.3 Å². The minimum absolute atomic E-state index is 0.0650. The molecule has 2 heterocycles. The number of aromatic nitrogens is 3. The van der Waals surface area contributed by atoms with E-state index in [4.69, 9.17) is 9.26 Å². The van der Waals surface area contributed by atoms with Crippen LogP contribution in [0.3, 0.4) is 0 Å². The summed E-state index contributed by atoms with van der Waals surface area (Å²) in [6.45, 7) is 2.14. The largest absolute Gasteiger partial charge is 0.508 e. The Morgan fingerprint density at radius 2 is 2.23 bits per heavy atom. The molecule has 2 N–H and O–H groups in total. The fourth-order valence-corrected chi connectivity index (χ4v) is 2.40. The molecule has 3 aromatic rings. The van der Waals surface area contributed by atoms with Gasteiger partial charge < -0.3 is 14.4 Å². The van der Waals surface area contributed by atoms with Crippen molar-refractivity contribution >= 4 is 5.97 Å². The number of hydrogen-bond acceptors (Lipinski definition) is 8. The summed E-state index contributed by atoms with van der Waals surface area (Å²) >= 11 is 0. The molecule has 8 nitrogen and oxygen atoms in total. The second-order valence-corrected chi connectivity index (χ2v) is 5.41. The van der Waals surface area contributed by atoms with E-state index < -0.39 is 12.0 Å². The Hall–Kier alpha value is -3.26. The highest BCUT2D eigenvalue weighted by atomic mass is 16.5. The van der Waals surface area contributed by atoms with Crippen LogP contribution >= 0.6 is 0 Å². The first-order chi connectivity index (χ1) is 12.7.